The van der Waals surface area contributed by atoms with Gasteiger partial charge in [-0.15, -0.1) is 11.3 Å². The average Bonchev–Trinajstić information content (AvgIpc) is 2.79. The molecular weight excluding hydrogens is 327 g/mol. The maximum absolute atomic E-state index is 13.1. The zero-order chi connectivity index (χ0) is 13.8. The minimum atomic E-state index is -0.240. The Morgan fingerprint density at radius 1 is 1.37 bits per heavy atom. The molecule has 0 aliphatic carbocycles. The van der Waals surface area contributed by atoms with Crippen molar-refractivity contribution in [3.63, 3.8) is 0 Å². The second-order valence-electron chi connectivity index (χ2n) is 4.15. The number of thiazole rings is 1. The summed E-state index contributed by atoms with van der Waals surface area (Å²) in [5.74, 6) is -0.240. The van der Waals surface area contributed by atoms with Crippen molar-refractivity contribution < 1.29 is 4.39 Å². The first-order valence-corrected chi connectivity index (χ1v) is 7.91. The second kappa shape index (κ2) is 6.59. The van der Waals surface area contributed by atoms with Crippen molar-refractivity contribution >= 4 is 27.3 Å². The fourth-order valence-corrected chi connectivity index (χ4v) is 3.64. The molecule has 0 saturated carbocycles. The number of nitrogens with one attached hydrogen (secondary N) is 1. The highest BCUT2D eigenvalue weighted by Gasteiger charge is 2.13. The predicted molar refractivity (Wildman–Crippen MR) is 82.0 cm³/mol. The summed E-state index contributed by atoms with van der Waals surface area (Å²) in [6.45, 7) is 5.98. The first-order chi connectivity index (χ1) is 9.15. The Balaban J connectivity index is 2.36. The van der Waals surface area contributed by atoms with Crippen LogP contribution in [0.3, 0.4) is 0 Å². The SMILES string of the molecule is CCNCc1sc(-c2ccc(F)cc2Br)nc1CC. The molecule has 5 heteroatoms. The molecular formula is C14H16BrFN2S. The summed E-state index contributed by atoms with van der Waals surface area (Å²) < 4.78 is 13.9. The van der Waals surface area contributed by atoms with Crippen LogP contribution in [-0.4, -0.2) is 11.5 Å². The normalized spacial score (nSPS) is 10.9. The van der Waals surface area contributed by atoms with Gasteiger partial charge in [-0.05, 0) is 47.1 Å². The topological polar surface area (TPSA) is 24.9 Å². The molecule has 19 heavy (non-hydrogen) atoms. The van der Waals surface area contributed by atoms with Crippen LogP contribution in [0.5, 0.6) is 0 Å². The van der Waals surface area contributed by atoms with Gasteiger partial charge in [0.25, 0.3) is 0 Å². The lowest BCUT2D eigenvalue weighted by Gasteiger charge is -2.00. The standard InChI is InChI=1S/C14H16BrFN2S/c1-3-12-13(8-17-4-2)19-14(18-12)10-6-5-9(16)7-11(10)15/h5-7,17H,3-4,8H2,1-2H3. The molecule has 0 spiro atoms. The third-order valence-electron chi connectivity index (χ3n) is 2.81. The third-order valence-corrected chi connectivity index (χ3v) is 4.60. The van der Waals surface area contributed by atoms with Gasteiger partial charge >= 0.3 is 0 Å². The highest BCUT2D eigenvalue weighted by Crippen LogP contribution is 2.33. The van der Waals surface area contributed by atoms with Crippen LogP contribution in [0, 0.1) is 5.82 Å². The lowest BCUT2D eigenvalue weighted by Crippen LogP contribution is -2.11. The summed E-state index contributed by atoms with van der Waals surface area (Å²) >= 11 is 5.07. The molecule has 0 aliphatic rings. The van der Waals surface area contributed by atoms with E-state index in [1.807, 2.05) is 0 Å². The lowest BCUT2D eigenvalue weighted by atomic mass is 10.2. The van der Waals surface area contributed by atoms with Crippen LogP contribution in [0.15, 0.2) is 22.7 Å². The molecule has 0 saturated heterocycles. The number of aryl methyl sites for hydroxylation is 1. The monoisotopic (exact) mass is 342 g/mol. The molecule has 2 aromatic rings. The molecule has 0 atom stereocenters. The van der Waals surface area contributed by atoms with Gasteiger partial charge in [0.2, 0.25) is 0 Å². The molecule has 0 amide bonds. The van der Waals surface area contributed by atoms with Crippen molar-refractivity contribution in [3.05, 3.63) is 39.1 Å². The number of rotatable bonds is 5. The molecule has 0 aliphatic heterocycles. The lowest BCUT2D eigenvalue weighted by molar-refractivity contribution is 0.627. The van der Waals surface area contributed by atoms with Crippen molar-refractivity contribution in [2.45, 2.75) is 26.8 Å². The Bertz CT molecular complexity index is 569. The summed E-state index contributed by atoms with van der Waals surface area (Å²) in [4.78, 5) is 5.93. The van der Waals surface area contributed by atoms with E-state index in [1.165, 1.54) is 17.0 Å². The minimum Gasteiger partial charge on any atom is -0.312 e. The van der Waals surface area contributed by atoms with E-state index in [-0.39, 0.29) is 5.82 Å². The van der Waals surface area contributed by atoms with Crippen LogP contribution in [0.4, 0.5) is 4.39 Å². The Labute approximate surface area is 125 Å². The predicted octanol–water partition coefficient (Wildman–Crippen LogP) is 4.38. The number of hydrogen-bond acceptors (Lipinski definition) is 3. The van der Waals surface area contributed by atoms with Gasteiger partial charge in [0.15, 0.2) is 0 Å². The zero-order valence-corrected chi connectivity index (χ0v) is 13.4. The van der Waals surface area contributed by atoms with Crippen molar-refractivity contribution in [3.8, 4) is 10.6 Å². The molecule has 1 aromatic carbocycles. The van der Waals surface area contributed by atoms with E-state index in [0.29, 0.717) is 0 Å². The molecule has 2 rings (SSSR count). The molecule has 1 N–H and O–H groups in total. The van der Waals surface area contributed by atoms with E-state index in [0.717, 1.165) is 40.2 Å². The molecule has 0 bridgehead atoms. The zero-order valence-electron chi connectivity index (χ0n) is 11.0. The van der Waals surface area contributed by atoms with E-state index in [4.69, 9.17) is 0 Å². The molecule has 0 radical (unpaired) electrons. The van der Waals surface area contributed by atoms with Crippen LogP contribution < -0.4 is 5.32 Å². The van der Waals surface area contributed by atoms with Gasteiger partial charge in [-0.1, -0.05) is 13.8 Å². The highest BCUT2D eigenvalue weighted by molar-refractivity contribution is 9.10. The largest absolute Gasteiger partial charge is 0.312 e. The Morgan fingerprint density at radius 3 is 2.79 bits per heavy atom. The van der Waals surface area contributed by atoms with E-state index in [9.17, 15) is 4.39 Å². The van der Waals surface area contributed by atoms with Crippen LogP contribution in [0.2, 0.25) is 0 Å². The first-order valence-electron chi connectivity index (χ1n) is 6.30. The Kier molecular flexibility index (Phi) is 5.07. The van der Waals surface area contributed by atoms with Crippen LogP contribution in [-0.2, 0) is 13.0 Å². The van der Waals surface area contributed by atoms with Gasteiger partial charge in [0.05, 0.1) is 5.69 Å². The Morgan fingerprint density at radius 2 is 2.16 bits per heavy atom. The van der Waals surface area contributed by atoms with Gasteiger partial charge in [-0.3, -0.25) is 0 Å². The van der Waals surface area contributed by atoms with E-state index in [1.54, 1.807) is 17.4 Å². The van der Waals surface area contributed by atoms with Crippen LogP contribution >= 0.6 is 27.3 Å². The number of aromatic nitrogens is 1. The summed E-state index contributed by atoms with van der Waals surface area (Å²) in [5, 5.41) is 4.27. The second-order valence-corrected chi connectivity index (χ2v) is 6.08. The van der Waals surface area contributed by atoms with E-state index in [2.05, 4.69) is 40.1 Å². The number of halogens is 2. The van der Waals surface area contributed by atoms with Crippen molar-refractivity contribution in [1.82, 2.24) is 10.3 Å². The Hall–Kier alpha value is -0.780. The molecule has 2 nitrogen and oxygen atoms in total. The van der Waals surface area contributed by atoms with Crippen molar-refractivity contribution in [2.75, 3.05) is 6.54 Å². The third kappa shape index (κ3) is 3.41. The fourth-order valence-electron chi connectivity index (χ4n) is 1.81. The van der Waals surface area contributed by atoms with Gasteiger partial charge in [-0.2, -0.15) is 0 Å². The maximum Gasteiger partial charge on any atom is 0.125 e. The first kappa shape index (κ1) is 14.6. The van der Waals surface area contributed by atoms with Gasteiger partial charge in [-0.25, -0.2) is 9.37 Å². The fraction of sp³-hybridized carbons (Fsp3) is 0.357. The quantitative estimate of drug-likeness (QED) is 0.871. The van der Waals surface area contributed by atoms with Crippen molar-refractivity contribution in [2.24, 2.45) is 0 Å². The molecule has 0 unspecified atom stereocenters. The van der Waals surface area contributed by atoms with E-state index >= 15 is 0 Å². The maximum atomic E-state index is 13.1. The minimum absolute atomic E-state index is 0.240. The summed E-state index contributed by atoms with van der Waals surface area (Å²) in [6.07, 6.45) is 0.913. The van der Waals surface area contributed by atoms with Gasteiger partial charge in [0.1, 0.15) is 10.8 Å². The van der Waals surface area contributed by atoms with Gasteiger partial charge < -0.3 is 5.32 Å². The smallest absolute Gasteiger partial charge is 0.125 e. The van der Waals surface area contributed by atoms with Gasteiger partial charge in [0, 0.05) is 21.5 Å². The van der Waals surface area contributed by atoms with Crippen molar-refractivity contribution in [1.29, 1.82) is 0 Å². The highest BCUT2D eigenvalue weighted by atomic mass is 79.9. The molecule has 102 valence electrons. The average molecular weight is 343 g/mol. The van der Waals surface area contributed by atoms with Crippen LogP contribution in [0.1, 0.15) is 24.4 Å². The number of hydrogen-bond donors (Lipinski definition) is 1. The molecule has 0 fully saturated rings. The number of nitrogens with zero attached hydrogens (tertiary/aromatic N) is 1. The summed E-state index contributed by atoms with van der Waals surface area (Å²) in [6, 6.07) is 4.72. The molecule has 1 heterocycles. The summed E-state index contributed by atoms with van der Waals surface area (Å²) in [5.41, 5.74) is 2.07. The molecule has 1 aromatic heterocycles. The van der Waals surface area contributed by atoms with E-state index < -0.39 is 0 Å². The number of benzene rings is 1. The van der Waals surface area contributed by atoms with Crippen LogP contribution in [0.25, 0.3) is 10.6 Å². The summed E-state index contributed by atoms with van der Waals surface area (Å²) in [7, 11) is 0.